The van der Waals surface area contributed by atoms with Gasteiger partial charge in [0.25, 0.3) is 5.91 Å². The van der Waals surface area contributed by atoms with Crippen LogP contribution >= 0.6 is 0 Å². The van der Waals surface area contributed by atoms with Crippen molar-refractivity contribution in [1.82, 2.24) is 20.0 Å². The number of hydrazine groups is 1. The standard InChI is InChI=1S/C29H30N4O2/c1-3-35-26-17-21(12-13-24(26)28-30-25-11-7-8-19(2)27(25)31-28)29(34)33-22-14-15-32(33)23(18-22)16-20-9-5-4-6-10-20/h4-13,17,22-23H,3,14-16,18H2,1-2H3,(H,30,31). The lowest BCUT2D eigenvalue weighted by molar-refractivity contribution is 0.0197. The Hall–Kier alpha value is -3.64. The van der Waals surface area contributed by atoms with E-state index in [0.29, 0.717) is 24.0 Å². The molecule has 35 heavy (non-hydrogen) atoms. The second-order valence-electron chi connectivity index (χ2n) is 9.53. The lowest BCUT2D eigenvalue weighted by Gasteiger charge is -2.28. The summed E-state index contributed by atoms with van der Waals surface area (Å²) in [6.07, 6.45) is 3.02. The van der Waals surface area contributed by atoms with Crippen LogP contribution in [0.2, 0.25) is 0 Å². The van der Waals surface area contributed by atoms with Crippen molar-refractivity contribution in [2.24, 2.45) is 0 Å². The second kappa shape index (κ2) is 8.86. The zero-order valence-electron chi connectivity index (χ0n) is 20.2. The molecule has 1 N–H and O–H groups in total. The summed E-state index contributed by atoms with van der Waals surface area (Å²) in [6.45, 7) is 5.47. The minimum absolute atomic E-state index is 0.0519. The fourth-order valence-corrected chi connectivity index (χ4v) is 5.65. The molecular formula is C29H30N4O2. The third kappa shape index (κ3) is 3.88. The van der Waals surface area contributed by atoms with Crippen LogP contribution in [0.4, 0.5) is 0 Å². The Labute approximate surface area is 205 Å². The molecule has 2 bridgehead atoms. The Morgan fingerprint density at radius 3 is 2.77 bits per heavy atom. The summed E-state index contributed by atoms with van der Waals surface area (Å²) < 4.78 is 6.00. The number of piperidine rings is 1. The number of fused-ring (bicyclic) bond motifs is 3. The Morgan fingerprint density at radius 2 is 1.97 bits per heavy atom. The minimum atomic E-state index is 0.0519. The molecule has 6 nitrogen and oxygen atoms in total. The van der Waals surface area contributed by atoms with E-state index in [0.717, 1.165) is 53.8 Å². The molecule has 4 aromatic rings. The van der Waals surface area contributed by atoms with E-state index >= 15 is 0 Å². The van der Waals surface area contributed by atoms with Crippen LogP contribution in [0.15, 0.2) is 66.7 Å². The van der Waals surface area contributed by atoms with Crippen molar-refractivity contribution in [3.8, 4) is 17.1 Å². The average Bonchev–Trinajstić information content (AvgIpc) is 3.58. The van der Waals surface area contributed by atoms with Crippen LogP contribution in [0, 0.1) is 6.92 Å². The summed E-state index contributed by atoms with van der Waals surface area (Å²) in [7, 11) is 0. The van der Waals surface area contributed by atoms with Crippen molar-refractivity contribution >= 4 is 16.9 Å². The summed E-state index contributed by atoms with van der Waals surface area (Å²) in [5.74, 6) is 1.48. The highest BCUT2D eigenvalue weighted by molar-refractivity contribution is 5.96. The van der Waals surface area contributed by atoms with Crippen LogP contribution in [-0.2, 0) is 6.42 Å². The Morgan fingerprint density at radius 1 is 1.11 bits per heavy atom. The molecule has 1 amide bonds. The van der Waals surface area contributed by atoms with Gasteiger partial charge in [-0.1, -0.05) is 42.5 Å². The summed E-state index contributed by atoms with van der Waals surface area (Å²) in [5, 5.41) is 4.29. The number of H-pyrrole nitrogens is 1. The van der Waals surface area contributed by atoms with Gasteiger partial charge in [0.2, 0.25) is 0 Å². The van der Waals surface area contributed by atoms with Gasteiger partial charge in [0.05, 0.1) is 29.2 Å². The lowest BCUT2D eigenvalue weighted by atomic mass is 9.97. The van der Waals surface area contributed by atoms with Gasteiger partial charge in [0, 0.05) is 18.2 Å². The molecule has 2 saturated heterocycles. The average molecular weight is 467 g/mol. The maximum Gasteiger partial charge on any atom is 0.268 e. The summed E-state index contributed by atoms with van der Waals surface area (Å²) in [4.78, 5) is 21.9. The van der Waals surface area contributed by atoms with Crippen molar-refractivity contribution < 1.29 is 9.53 Å². The number of rotatable bonds is 6. The monoisotopic (exact) mass is 466 g/mol. The molecule has 3 unspecified atom stereocenters. The Bertz CT molecular complexity index is 1380. The molecule has 0 spiro atoms. The number of nitrogens with zero attached hydrogens (tertiary/aromatic N) is 3. The number of aryl methyl sites for hydroxylation is 1. The van der Waals surface area contributed by atoms with E-state index in [9.17, 15) is 4.79 Å². The normalized spacial score (nSPS) is 21.1. The topological polar surface area (TPSA) is 61.5 Å². The van der Waals surface area contributed by atoms with Gasteiger partial charge in [0.15, 0.2) is 0 Å². The van der Waals surface area contributed by atoms with E-state index in [1.54, 1.807) is 0 Å². The molecule has 6 heteroatoms. The van der Waals surface area contributed by atoms with Crippen molar-refractivity contribution in [2.75, 3.05) is 13.2 Å². The molecule has 1 aromatic heterocycles. The van der Waals surface area contributed by atoms with Gasteiger partial charge in [-0.2, -0.15) is 0 Å². The predicted octanol–water partition coefficient (Wildman–Crippen LogP) is 5.38. The van der Waals surface area contributed by atoms with Crippen LogP contribution in [0.5, 0.6) is 5.75 Å². The van der Waals surface area contributed by atoms with Crippen LogP contribution in [0.25, 0.3) is 22.4 Å². The first-order chi connectivity index (χ1) is 17.1. The molecule has 2 aliphatic rings. The van der Waals surface area contributed by atoms with Crippen LogP contribution < -0.4 is 4.74 Å². The van der Waals surface area contributed by atoms with Crippen molar-refractivity contribution in [3.63, 3.8) is 0 Å². The first-order valence-corrected chi connectivity index (χ1v) is 12.5. The number of carbonyl (C=O) groups is 1. The van der Waals surface area contributed by atoms with Crippen molar-refractivity contribution in [1.29, 1.82) is 0 Å². The number of amides is 1. The number of hydrogen-bond donors (Lipinski definition) is 1. The van der Waals surface area contributed by atoms with Crippen LogP contribution in [0.1, 0.15) is 41.3 Å². The number of ether oxygens (including phenoxy) is 1. The van der Waals surface area contributed by atoms with Gasteiger partial charge in [-0.3, -0.25) is 9.80 Å². The number of aromatic nitrogens is 2. The smallest absolute Gasteiger partial charge is 0.268 e. The molecule has 178 valence electrons. The molecule has 3 atom stereocenters. The van der Waals surface area contributed by atoms with E-state index in [1.165, 1.54) is 5.56 Å². The summed E-state index contributed by atoms with van der Waals surface area (Å²) in [6, 6.07) is 23.1. The van der Waals surface area contributed by atoms with E-state index < -0.39 is 0 Å². The number of aromatic amines is 1. The maximum atomic E-state index is 13.7. The fraction of sp³-hybridized carbons (Fsp3) is 0.310. The Balaban J connectivity index is 1.28. The van der Waals surface area contributed by atoms with Crippen molar-refractivity contribution in [2.45, 2.75) is 45.2 Å². The molecule has 3 heterocycles. The molecule has 0 aliphatic carbocycles. The fourth-order valence-electron chi connectivity index (χ4n) is 5.65. The Kier molecular flexibility index (Phi) is 5.53. The third-order valence-corrected chi connectivity index (χ3v) is 7.30. The maximum absolute atomic E-state index is 13.7. The SMILES string of the molecule is CCOc1cc(C(=O)N2C3CCN2C(Cc2ccccc2)C3)ccc1-c1nc2c(C)cccc2[nH]1. The van der Waals surface area contributed by atoms with Gasteiger partial charge in [0.1, 0.15) is 11.6 Å². The van der Waals surface area contributed by atoms with Gasteiger partial charge in [-0.25, -0.2) is 9.99 Å². The zero-order chi connectivity index (χ0) is 23.9. The van der Waals surface area contributed by atoms with E-state index in [1.807, 2.05) is 48.3 Å². The second-order valence-corrected chi connectivity index (χ2v) is 9.53. The van der Waals surface area contributed by atoms with Gasteiger partial charge >= 0.3 is 0 Å². The number of hydrogen-bond acceptors (Lipinski definition) is 4. The minimum Gasteiger partial charge on any atom is -0.493 e. The molecule has 6 rings (SSSR count). The molecule has 2 fully saturated rings. The molecule has 3 aromatic carbocycles. The lowest BCUT2D eigenvalue weighted by Crippen LogP contribution is -2.42. The molecule has 0 radical (unpaired) electrons. The highest BCUT2D eigenvalue weighted by atomic mass is 16.5. The number of nitrogens with one attached hydrogen (secondary N) is 1. The first kappa shape index (κ1) is 21.9. The largest absolute Gasteiger partial charge is 0.493 e. The number of carbonyl (C=O) groups excluding carboxylic acids is 1. The quantitative estimate of drug-likeness (QED) is 0.414. The highest BCUT2D eigenvalue weighted by Crippen LogP contribution is 2.38. The third-order valence-electron chi connectivity index (χ3n) is 7.30. The number of benzene rings is 3. The summed E-state index contributed by atoms with van der Waals surface area (Å²) >= 11 is 0. The predicted molar refractivity (Wildman–Crippen MR) is 137 cm³/mol. The van der Waals surface area contributed by atoms with E-state index in [4.69, 9.17) is 9.72 Å². The zero-order valence-corrected chi connectivity index (χ0v) is 20.2. The van der Waals surface area contributed by atoms with Crippen LogP contribution in [0.3, 0.4) is 0 Å². The van der Waals surface area contributed by atoms with E-state index in [2.05, 4.69) is 47.2 Å². The molecule has 2 aliphatic heterocycles. The van der Waals surface area contributed by atoms with Crippen LogP contribution in [-0.4, -0.2) is 51.1 Å². The van der Waals surface area contributed by atoms with Gasteiger partial charge in [-0.05, 0) is 68.5 Å². The summed E-state index contributed by atoms with van der Waals surface area (Å²) in [5.41, 5.74) is 5.91. The highest BCUT2D eigenvalue weighted by Gasteiger charge is 2.47. The first-order valence-electron chi connectivity index (χ1n) is 12.5. The van der Waals surface area contributed by atoms with E-state index in [-0.39, 0.29) is 11.9 Å². The number of imidazole rings is 1. The molecular weight excluding hydrogens is 436 g/mol. The number of para-hydroxylation sites is 1. The van der Waals surface area contributed by atoms with Crippen molar-refractivity contribution in [3.05, 3.63) is 83.4 Å². The van der Waals surface area contributed by atoms with Gasteiger partial charge < -0.3 is 9.72 Å². The van der Waals surface area contributed by atoms with Gasteiger partial charge in [-0.15, -0.1) is 0 Å². The molecule has 0 saturated carbocycles.